The van der Waals surface area contributed by atoms with Gasteiger partial charge in [0.1, 0.15) is 0 Å². The van der Waals surface area contributed by atoms with E-state index in [1.807, 2.05) is 24.3 Å². The van der Waals surface area contributed by atoms with Gasteiger partial charge in [-0.15, -0.1) is 0 Å². The molecule has 0 unspecified atom stereocenters. The van der Waals surface area contributed by atoms with Crippen molar-refractivity contribution in [2.75, 3.05) is 6.54 Å². The lowest BCUT2D eigenvalue weighted by Gasteiger charge is -2.12. The largest absolute Gasteiger partial charge is 0.326 e. The molecule has 0 aromatic heterocycles. The lowest BCUT2D eigenvalue weighted by Crippen LogP contribution is -2.30. The summed E-state index contributed by atoms with van der Waals surface area (Å²) in [5, 5.41) is 0. The predicted molar refractivity (Wildman–Crippen MR) is 76.9 cm³/mol. The third-order valence-corrected chi connectivity index (χ3v) is 5.05. The van der Waals surface area contributed by atoms with Crippen LogP contribution in [0.3, 0.4) is 0 Å². The highest BCUT2D eigenvalue weighted by Crippen LogP contribution is 2.24. The van der Waals surface area contributed by atoms with E-state index in [9.17, 15) is 8.42 Å². The van der Waals surface area contributed by atoms with Crippen LogP contribution < -0.4 is 10.5 Å². The zero-order valence-electron chi connectivity index (χ0n) is 11.1. The van der Waals surface area contributed by atoms with E-state index in [0.717, 1.165) is 24.0 Å². The van der Waals surface area contributed by atoms with E-state index in [2.05, 4.69) is 4.72 Å². The molecule has 0 spiro atoms. The summed E-state index contributed by atoms with van der Waals surface area (Å²) in [7, 11) is -3.26. The van der Waals surface area contributed by atoms with Gasteiger partial charge in [-0.05, 0) is 29.9 Å². The smallest absolute Gasteiger partial charge is 0.215 e. The lowest BCUT2D eigenvalue weighted by molar-refractivity contribution is 0.519. The molecule has 1 aromatic carbocycles. The number of nitrogens with one attached hydrogen (secondary N) is 1. The predicted octanol–water partition coefficient (Wildman–Crippen LogP) is 1.75. The van der Waals surface area contributed by atoms with Gasteiger partial charge in [-0.2, -0.15) is 0 Å². The standard InChI is InChI=1S/C14H22N2O2S/c15-9-13-7-3-4-8-14(13)11-19(17,18)16-10-12-5-1-2-6-12/h3-4,7-8,12,16H,1-2,5-6,9-11,15H2. The molecule has 0 aliphatic heterocycles. The van der Waals surface area contributed by atoms with Gasteiger partial charge < -0.3 is 5.73 Å². The number of hydrogen-bond acceptors (Lipinski definition) is 3. The first kappa shape index (κ1) is 14.5. The first-order valence-electron chi connectivity index (χ1n) is 6.85. The molecule has 0 amide bonds. The monoisotopic (exact) mass is 282 g/mol. The molecule has 4 nitrogen and oxygen atoms in total. The number of rotatable bonds is 6. The van der Waals surface area contributed by atoms with E-state index in [1.54, 1.807) is 0 Å². The topological polar surface area (TPSA) is 72.2 Å². The summed E-state index contributed by atoms with van der Waals surface area (Å²) in [5.74, 6) is 0.534. The SMILES string of the molecule is NCc1ccccc1CS(=O)(=O)NCC1CCCC1. The Morgan fingerprint density at radius 1 is 1.16 bits per heavy atom. The molecule has 1 aromatic rings. The Bertz CT molecular complexity index is 508. The fourth-order valence-electron chi connectivity index (χ4n) is 2.61. The Balaban J connectivity index is 1.96. The Morgan fingerprint density at radius 2 is 1.79 bits per heavy atom. The molecule has 1 aliphatic carbocycles. The summed E-state index contributed by atoms with van der Waals surface area (Å²) in [6.07, 6.45) is 4.73. The first-order valence-corrected chi connectivity index (χ1v) is 8.50. The van der Waals surface area contributed by atoms with Crippen LogP contribution in [0.1, 0.15) is 36.8 Å². The van der Waals surface area contributed by atoms with Gasteiger partial charge in [0.25, 0.3) is 0 Å². The minimum atomic E-state index is -3.26. The molecule has 1 saturated carbocycles. The molecule has 1 fully saturated rings. The summed E-state index contributed by atoms with van der Waals surface area (Å²) in [4.78, 5) is 0. The molecule has 0 atom stereocenters. The number of benzene rings is 1. The van der Waals surface area contributed by atoms with Crippen LogP contribution in [0.4, 0.5) is 0 Å². The summed E-state index contributed by atoms with van der Waals surface area (Å²) in [6.45, 7) is 0.946. The molecule has 0 radical (unpaired) electrons. The van der Waals surface area contributed by atoms with Crippen LogP contribution >= 0.6 is 0 Å². The average Bonchev–Trinajstić information content (AvgIpc) is 2.90. The van der Waals surface area contributed by atoms with Crippen molar-refractivity contribution in [2.24, 2.45) is 11.7 Å². The van der Waals surface area contributed by atoms with Crippen molar-refractivity contribution in [1.29, 1.82) is 0 Å². The van der Waals surface area contributed by atoms with Gasteiger partial charge in [-0.25, -0.2) is 13.1 Å². The second kappa shape index (κ2) is 6.50. The molecule has 3 N–H and O–H groups in total. The van der Waals surface area contributed by atoms with Crippen LogP contribution in [0.25, 0.3) is 0 Å². The van der Waals surface area contributed by atoms with Crippen molar-refractivity contribution in [3.63, 3.8) is 0 Å². The zero-order valence-corrected chi connectivity index (χ0v) is 12.0. The molecule has 0 saturated heterocycles. The van der Waals surface area contributed by atoms with Gasteiger partial charge in [-0.3, -0.25) is 0 Å². The summed E-state index contributed by atoms with van der Waals surface area (Å²) >= 11 is 0. The van der Waals surface area contributed by atoms with Crippen molar-refractivity contribution < 1.29 is 8.42 Å². The number of hydrogen-bond donors (Lipinski definition) is 2. The van der Waals surface area contributed by atoms with Crippen LogP contribution in [0, 0.1) is 5.92 Å². The minimum absolute atomic E-state index is 0.0209. The summed E-state index contributed by atoms with van der Waals surface area (Å²) in [5.41, 5.74) is 7.32. The van der Waals surface area contributed by atoms with E-state index >= 15 is 0 Å². The highest BCUT2D eigenvalue weighted by Gasteiger charge is 2.19. The van der Waals surface area contributed by atoms with Gasteiger partial charge in [-0.1, -0.05) is 37.1 Å². The van der Waals surface area contributed by atoms with Crippen molar-refractivity contribution >= 4 is 10.0 Å². The third kappa shape index (κ3) is 4.30. The van der Waals surface area contributed by atoms with Crippen LogP contribution in [0.2, 0.25) is 0 Å². The quantitative estimate of drug-likeness (QED) is 0.835. The normalized spacial score (nSPS) is 16.9. The van der Waals surface area contributed by atoms with Crippen LogP contribution in [-0.4, -0.2) is 15.0 Å². The molecular formula is C14H22N2O2S. The zero-order chi connectivity index (χ0) is 13.7. The number of nitrogens with two attached hydrogens (primary N) is 1. The maximum atomic E-state index is 12.1. The van der Waals surface area contributed by atoms with E-state index in [-0.39, 0.29) is 5.75 Å². The van der Waals surface area contributed by atoms with Gasteiger partial charge in [0.05, 0.1) is 5.75 Å². The first-order chi connectivity index (χ1) is 9.11. The molecular weight excluding hydrogens is 260 g/mol. The Morgan fingerprint density at radius 3 is 2.42 bits per heavy atom. The molecule has 0 bridgehead atoms. The Labute approximate surface area is 115 Å². The minimum Gasteiger partial charge on any atom is -0.326 e. The summed E-state index contributed by atoms with van der Waals surface area (Å²) in [6, 6.07) is 7.43. The van der Waals surface area contributed by atoms with E-state index in [0.29, 0.717) is 19.0 Å². The van der Waals surface area contributed by atoms with Crippen molar-refractivity contribution in [2.45, 2.75) is 38.0 Å². The fourth-order valence-corrected chi connectivity index (χ4v) is 3.90. The molecule has 0 heterocycles. The van der Waals surface area contributed by atoms with Gasteiger partial charge in [0, 0.05) is 13.1 Å². The Kier molecular flexibility index (Phi) is 4.96. The molecule has 5 heteroatoms. The van der Waals surface area contributed by atoms with Crippen molar-refractivity contribution in [3.05, 3.63) is 35.4 Å². The average molecular weight is 282 g/mol. The molecule has 106 valence electrons. The van der Waals surface area contributed by atoms with Gasteiger partial charge >= 0.3 is 0 Å². The van der Waals surface area contributed by atoms with Gasteiger partial charge in [0.15, 0.2) is 0 Å². The van der Waals surface area contributed by atoms with E-state index < -0.39 is 10.0 Å². The highest BCUT2D eigenvalue weighted by molar-refractivity contribution is 7.88. The second-order valence-corrected chi connectivity index (χ2v) is 7.04. The summed E-state index contributed by atoms with van der Waals surface area (Å²) < 4.78 is 26.9. The third-order valence-electron chi connectivity index (χ3n) is 3.75. The second-order valence-electron chi connectivity index (χ2n) is 5.23. The fraction of sp³-hybridized carbons (Fsp3) is 0.571. The highest BCUT2D eigenvalue weighted by atomic mass is 32.2. The molecule has 1 aliphatic rings. The van der Waals surface area contributed by atoms with Crippen molar-refractivity contribution in [1.82, 2.24) is 4.72 Å². The van der Waals surface area contributed by atoms with Crippen LogP contribution in [0.15, 0.2) is 24.3 Å². The van der Waals surface area contributed by atoms with Crippen LogP contribution in [-0.2, 0) is 22.3 Å². The molecule has 2 rings (SSSR count). The van der Waals surface area contributed by atoms with E-state index in [1.165, 1.54) is 12.8 Å². The lowest BCUT2D eigenvalue weighted by atomic mass is 10.1. The maximum Gasteiger partial charge on any atom is 0.215 e. The van der Waals surface area contributed by atoms with E-state index in [4.69, 9.17) is 5.73 Å². The number of sulfonamides is 1. The van der Waals surface area contributed by atoms with Crippen molar-refractivity contribution in [3.8, 4) is 0 Å². The maximum absolute atomic E-state index is 12.1. The Hall–Kier alpha value is -0.910. The van der Waals surface area contributed by atoms with Gasteiger partial charge in [0.2, 0.25) is 10.0 Å². The molecule has 19 heavy (non-hydrogen) atoms. The van der Waals surface area contributed by atoms with Crippen LogP contribution in [0.5, 0.6) is 0 Å².